The summed E-state index contributed by atoms with van der Waals surface area (Å²) in [5.74, 6) is -1.29. The van der Waals surface area contributed by atoms with Crippen molar-refractivity contribution in [2.75, 3.05) is 12.4 Å². The molecule has 0 aliphatic heterocycles. The Morgan fingerprint density at radius 3 is 2.00 bits per heavy atom. The van der Waals surface area contributed by atoms with Crippen molar-refractivity contribution in [3.05, 3.63) is 64.7 Å². The number of benzene rings is 2. The van der Waals surface area contributed by atoms with Crippen LogP contribution >= 0.6 is 11.6 Å². The molecule has 2 rings (SSSR count). The number of esters is 1. The van der Waals surface area contributed by atoms with Crippen LogP contribution in [0.4, 0.5) is 5.69 Å². The van der Waals surface area contributed by atoms with Crippen molar-refractivity contribution in [2.45, 2.75) is 19.9 Å². The lowest BCUT2D eigenvalue weighted by Gasteiger charge is -2.22. The maximum absolute atomic E-state index is 12.6. The molecule has 7 heteroatoms. The van der Waals surface area contributed by atoms with Gasteiger partial charge in [0.05, 0.1) is 12.7 Å². The molecule has 6 nitrogen and oxygen atoms in total. The number of hydrogen-bond acceptors (Lipinski definition) is 4. The molecule has 1 unspecified atom stereocenters. The van der Waals surface area contributed by atoms with E-state index in [2.05, 4.69) is 15.4 Å². The minimum absolute atomic E-state index is 0.129. The Kier molecular flexibility index (Phi) is 6.96. The molecular formula is C20H21ClN2O4. The molecule has 0 bridgehead atoms. The third-order valence-corrected chi connectivity index (χ3v) is 4.17. The second-order valence-corrected chi connectivity index (χ2v) is 6.70. The smallest absolute Gasteiger partial charge is 0.337 e. The molecule has 0 aliphatic rings. The minimum atomic E-state index is -0.728. The van der Waals surface area contributed by atoms with Crippen LogP contribution in [0.1, 0.15) is 34.6 Å². The van der Waals surface area contributed by atoms with E-state index in [1.165, 1.54) is 7.11 Å². The fourth-order valence-electron chi connectivity index (χ4n) is 2.39. The Bertz CT molecular complexity index is 817. The first-order chi connectivity index (χ1) is 12.8. The fourth-order valence-corrected chi connectivity index (χ4v) is 2.51. The van der Waals surface area contributed by atoms with Gasteiger partial charge in [0.25, 0.3) is 5.91 Å². The summed E-state index contributed by atoms with van der Waals surface area (Å²) in [5, 5.41) is 6.02. The van der Waals surface area contributed by atoms with E-state index in [-0.39, 0.29) is 17.7 Å². The number of methoxy groups -OCH3 is 1. The van der Waals surface area contributed by atoms with Gasteiger partial charge in [-0.2, -0.15) is 0 Å². The molecule has 2 amide bonds. The topological polar surface area (TPSA) is 84.5 Å². The highest BCUT2D eigenvalue weighted by Gasteiger charge is 2.25. The van der Waals surface area contributed by atoms with Crippen molar-refractivity contribution in [3.8, 4) is 0 Å². The van der Waals surface area contributed by atoms with Gasteiger partial charge in [-0.1, -0.05) is 25.4 Å². The van der Waals surface area contributed by atoms with E-state index in [4.69, 9.17) is 11.6 Å². The second-order valence-electron chi connectivity index (χ2n) is 6.26. The maximum Gasteiger partial charge on any atom is 0.337 e. The highest BCUT2D eigenvalue weighted by atomic mass is 35.5. The first-order valence-corrected chi connectivity index (χ1v) is 8.75. The van der Waals surface area contributed by atoms with Gasteiger partial charge in [-0.05, 0) is 54.4 Å². The van der Waals surface area contributed by atoms with Gasteiger partial charge in [-0.3, -0.25) is 9.59 Å². The molecule has 2 N–H and O–H groups in total. The van der Waals surface area contributed by atoms with Crippen LogP contribution in [0.15, 0.2) is 48.5 Å². The predicted octanol–water partition coefficient (Wildman–Crippen LogP) is 3.52. The summed E-state index contributed by atoms with van der Waals surface area (Å²) in [5.41, 5.74) is 1.31. The van der Waals surface area contributed by atoms with Crippen molar-refractivity contribution < 1.29 is 19.1 Å². The molecule has 1 atom stereocenters. The number of ether oxygens (including phenoxy) is 1. The molecule has 0 aliphatic carbocycles. The van der Waals surface area contributed by atoms with Gasteiger partial charge in [0.2, 0.25) is 5.91 Å². The number of halogens is 1. The lowest BCUT2D eigenvalue weighted by atomic mass is 10.0. The van der Waals surface area contributed by atoms with Crippen molar-refractivity contribution >= 4 is 35.1 Å². The summed E-state index contributed by atoms with van der Waals surface area (Å²) < 4.78 is 4.64. The van der Waals surface area contributed by atoms with E-state index in [1.54, 1.807) is 48.5 Å². The Morgan fingerprint density at radius 1 is 0.926 bits per heavy atom. The first-order valence-electron chi connectivity index (χ1n) is 8.37. The summed E-state index contributed by atoms with van der Waals surface area (Å²) in [6, 6.07) is 12.0. The quantitative estimate of drug-likeness (QED) is 0.741. The van der Waals surface area contributed by atoms with Crippen LogP contribution in [0.5, 0.6) is 0 Å². The monoisotopic (exact) mass is 388 g/mol. The molecular weight excluding hydrogens is 368 g/mol. The van der Waals surface area contributed by atoms with E-state index in [0.29, 0.717) is 21.8 Å². The lowest BCUT2D eigenvalue weighted by Crippen LogP contribution is -2.47. The molecule has 2 aromatic rings. The summed E-state index contributed by atoms with van der Waals surface area (Å²) in [6.45, 7) is 3.68. The van der Waals surface area contributed by atoms with Gasteiger partial charge in [0, 0.05) is 16.3 Å². The van der Waals surface area contributed by atoms with E-state index >= 15 is 0 Å². The van der Waals surface area contributed by atoms with Crippen molar-refractivity contribution in [2.24, 2.45) is 5.92 Å². The van der Waals surface area contributed by atoms with Crippen LogP contribution in [-0.2, 0) is 9.53 Å². The summed E-state index contributed by atoms with van der Waals surface area (Å²) >= 11 is 5.83. The van der Waals surface area contributed by atoms with Crippen molar-refractivity contribution in [1.82, 2.24) is 5.32 Å². The molecule has 0 aromatic heterocycles. The van der Waals surface area contributed by atoms with Gasteiger partial charge >= 0.3 is 5.97 Å². The van der Waals surface area contributed by atoms with Crippen LogP contribution in [0.3, 0.4) is 0 Å². The van der Waals surface area contributed by atoms with Crippen LogP contribution in [-0.4, -0.2) is 30.9 Å². The van der Waals surface area contributed by atoms with E-state index in [1.807, 2.05) is 13.8 Å². The number of nitrogens with one attached hydrogen (secondary N) is 2. The fraction of sp³-hybridized carbons (Fsp3) is 0.250. The number of anilines is 1. The Balaban J connectivity index is 2.07. The number of amides is 2. The zero-order chi connectivity index (χ0) is 20.0. The normalized spacial score (nSPS) is 11.6. The Labute approximate surface area is 162 Å². The van der Waals surface area contributed by atoms with E-state index < -0.39 is 12.0 Å². The molecule has 27 heavy (non-hydrogen) atoms. The van der Waals surface area contributed by atoms with Gasteiger partial charge in [0.15, 0.2) is 0 Å². The number of carbonyl (C=O) groups is 3. The molecule has 2 aromatic carbocycles. The number of rotatable bonds is 6. The largest absolute Gasteiger partial charge is 0.465 e. The molecule has 0 radical (unpaired) electrons. The predicted molar refractivity (Wildman–Crippen MR) is 104 cm³/mol. The van der Waals surface area contributed by atoms with Gasteiger partial charge in [0.1, 0.15) is 6.04 Å². The van der Waals surface area contributed by atoms with Gasteiger partial charge < -0.3 is 15.4 Å². The average molecular weight is 389 g/mol. The SMILES string of the molecule is COC(=O)c1ccc(NC(=O)C(NC(=O)c2ccc(Cl)cc2)C(C)C)cc1. The maximum atomic E-state index is 12.6. The van der Waals surface area contributed by atoms with E-state index in [9.17, 15) is 14.4 Å². The zero-order valence-electron chi connectivity index (χ0n) is 15.3. The standard InChI is InChI=1S/C20H21ClN2O4/c1-12(2)17(23-18(24)13-4-8-15(21)9-5-13)19(25)22-16-10-6-14(7-11-16)20(26)27-3/h4-12,17H,1-3H3,(H,22,25)(H,23,24). The molecule has 142 valence electrons. The molecule has 0 saturated heterocycles. The summed E-state index contributed by atoms with van der Waals surface area (Å²) in [4.78, 5) is 36.5. The minimum Gasteiger partial charge on any atom is -0.465 e. The molecule has 0 saturated carbocycles. The molecule has 0 heterocycles. The van der Waals surface area contributed by atoms with Crippen molar-refractivity contribution in [1.29, 1.82) is 0 Å². The summed E-state index contributed by atoms with van der Waals surface area (Å²) in [6.07, 6.45) is 0. The lowest BCUT2D eigenvalue weighted by molar-refractivity contribution is -0.118. The molecule has 0 spiro atoms. The van der Waals surface area contributed by atoms with Gasteiger partial charge in [-0.25, -0.2) is 4.79 Å². The number of carbonyl (C=O) groups excluding carboxylic acids is 3. The van der Waals surface area contributed by atoms with Crippen LogP contribution < -0.4 is 10.6 Å². The van der Waals surface area contributed by atoms with Crippen LogP contribution in [0.25, 0.3) is 0 Å². The number of hydrogen-bond donors (Lipinski definition) is 2. The zero-order valence-corrected chi connectivity index (χ0v) is 16.0. The third-order valence-electron chi connectivity index (χ3n) is 3.92. The van der Waals surface area contributed by atoms with E-state index in [0.717, 1.165) is 0 Å². The third kappa shape index (κ3) is 5.56. The molecule has 0 fully saturated rings. The van der Waals surface area contributed by atoms with Crippen LogP contribution in [0, 0.1) is 5.92 Å². The van der Waals surface area contributed by atoms with Crippen LogP contribution in [0.2, 0.25) is 5.02 Å². The highest BCUT2D eigenvalue weighted by Crippen LogP contribution is 2.14. The Morgan fingerprint density at radius 2 is 1.48 bits per heavy atom. The summed E-state index contributed by atoms with van der Waals surface area (Å²) in [7, 11) is 1.30. The average Bonchev–Trinajstić information content (AvgIpc) is 2.66. The highest BCUT2D eigenvalue weighted by molar-refractivity contribution is 6.30. The van der Waals surface area contributed by atoms with Gasteiger partial charge in [-0.15, -0.1) is 0 Å². The first kappa shape index (κ1) is 20.5. The Hall–Kier alpha value is -2.86. The second kappa shape index (κ2) is 9.19. The van der Waals surface area contributed by atoms with Crippen molar-refractivity contribution in [3.63, 3.8) is 0 Å².